The molecule has 0 radical (unpaired) electrons. The van der Waals surface area contributed by atoms with E-state index in [2.05, 4.69) is 34.6 Å². The molecule has 4 heterocycles. The zero-order chi connectivity index (χ0) is 28.3. The number of hydrogen-bond acceptors (Lipinski definition) is 6. The number of rotatable bonds is 7. The van der Waals surface area contributed by atoms with Gasteiger partial charge in [0.1, 0.15) is 29.8 Å². The van der Waals surface area contributed by atoms with Crippen LogP contribution in [0.25, 0.3) is 0 Å². The third-order valence-corrected chi connectivity index (χ3v) is 8.67. The molecule has 0 aromatic rings. The first-order valence-electron chi connectivity index (χ1n) is 14.1. The summed E-state index contributed by atoms with van der Waals surface area (Å²) in [4.78, 5) is 46.0. The summed E-state index contributed by atoms with van der Waals surface area (Å²) in [6, 6.07) is -1.57. The molecule has 8 nitrogen and oxygen atoms in total. The van der Waals surface area contributed by atoms with Gasteiger partial charge >= 0.3 is 5.97 Å². The summed E-state index contributed by atoms with van der Waals surface area (Å²) in [5.74, 6) is -2.63. The van der Waals surface area contributed by atoms with Crippen LogP contribution >= 0.6 is 0 Å². The van der Waals surface area contributed by atoms with Crippen molar-refractivity contribution in [3.8, 4) is 0 Å². The molecule has 2 fully saturated rings. The lowest BCUT2D eigenvalue weighted by Gasteiger charge is -2.46. The van der Waals surface area contributed by atoms with Crippen LogP contribution in [0.5, 0.6) is 0 Å². The number of ether oxygens (including phenoxy) is 2. The molecule has 2 amide bonds. The molecule has 4 aliphatic heterocycles. The van der Waals surface area contributed by atoms with E-state index in [4.69, 9.17) is 9.47 Å². The van der Waals surface area contributed by atoms with Crippen LogP contribution in [-0.2, 0) is 23.9 Å². The van der Waals surface area contributed by atoms with E-state index in [1.165, 1.54) is 0 Å². The molecule has 4 rings (SSSR count). The fourth-order valence-electron chi connectivity index (χ4n) is 7.69. The summed E-state index contributed by atoms with van der Waals surface area (Å²) in [7, 11) is 0. The van der Waals surface area contributed by atoms with Crippen molar-refractivity contribution in [3.63, 3.8) is 0 Å². The van der Waals surface area contributed by atoms with Crippen molar-refractivity contribution in [1.82, 2.24) is 9.80 Å². The molecule has 1 spiro atoms. The van der Waals surface area contributed by atoms with Crippen molar-refractivity contribution in [1.29, 1.82) is 0 Å². The minimum atomic E-state index is -1.34. The van der Waals surface area contributed by atoms with Crippen LogP contribution in [0, 0.1) is 23.2 Å². The molecular formula is C30H46N2O6. The van der Waals surface area contributed by atoms with E-state index >= 15 is 0 Å². The number of carbonyl (C=O) groups excluding carboxylic acids is 3. The SMILES string of the molecule is CC[C@]12C=CCOC(=O)[C@H]1[C@H]1C(=O)N([C@@H](CO)CC(C)C)C3C(=O)N(C(C)(C)CC(C)(C)C)CC=C[C@@]31O2. The second kappa shape index (κ2) is 9.77. The van der Waals surface area contributed by atoms with E-state index in [1.54, 1.807) is 11.0 Å². The molecule has 0 saturated carbocycles. The highest BCUT2D eigenvalue weighted by atomic mass is 16.6. The van der Waals surface area contributed by atoms with Gasteiger partial charge in [-0.25, -0.2) is 0 Å². The van der Waals surface area contributed by atoms with Crippen molar-refractivity contribution in [2.75, 3.05) is 19.8 Å². The monoisotopic (exact) mass is 530 g/mol. The number of aliphatic hydroxyl groups excluding tert-OH is 1. The number of likely N-dealkylation sites (tertiary alicyclic amines) is 1. The Morgan fingerprint density at radius 3 is 2.32 bits per heavy atom. The maximum Gasteiger partial charge on any atom is 0.313 e. The van der Waals surface area contributed by atoms with Crippen LogP contribution in [-0.4, -0.2) is 81.3 Å². The summed E-state index contributed by atoms with van der Waals surface area (Å²) in [5, 5.41) is 10.5. The van der Waals surface area contributed by atoms with Gasteiger partial charge in [0.25, 0.3) is 0 Å². The Hall–Kier alpha value is -2.19. The molecule has 1 unspecified atom stereocenters. The first kappa shape index (κ1) is 28.8. The minimum Gasteiger partial charge on any atom is -0.461 e. The van der Waals surface area contributed by atoms with Crippen LogP contribution in [0.4, 0.5) is 0 Å². The topological polar surface area (TPSA) is 96.4 Å². The Morgan fingerprint density at radius 2 is 1.74 bits per heavy atom. The zero-order valence-corrected chi connectivity index (χ0v) is 24.3. The molecule has 4 aliphatic rings. The van der Waals surface area contributed by atoms with Crippen LogP contribution in [0.3, 0.4) is 0 Å². The molecule has 38 heavy (non-hydrogen) atoms. The first-order valence-corrected chi connectivity index (χ1v) is 14.1. The molecule has 212 valence electrons. The molecule has 0 bridgehead atoms. The second-order valence-electron chi connectivity index (χ2n) is 13.8. The summed E-state index contributed by atoms with van der Waals surface area (Å²) in [6.45, 7) is 16.8. The lowest BCUT2D eigenvalue weighted by atomic mass is 9.73. The zero-order valence-electron chi connectivity index (χ0n) is 24.3. The van der Waals surface area contributed by atoms with Gasteiger partial charge in [-0.15, -0.1) is 0 Å². The Bertz CT molecular complexity index is 1030. The quantitative estimate of drug-likeness (QED) is 0.400. The van der Waals surface area contributed by atoms with E-state index < -0.39 is 46.6 Å². The Kier molecular flexibility index (Phi) is 7.41. The number of nitrogens with zero attached hydrogens (tertiary/aromatic N) is 2. The smallest absolute Gasteiger partial charge is 0.313 e. The van der Waals surface area contributed by atoms with Gasteiger partial charge in [-0.05, 0) is 50.5 Å². The summed E-state index contributed by atoms with van der Waals surface area (Å²) >= 11 is 0. The minimum absolute atomic E-state index is 0.0334. The first-order chi connectivity index (χ1) is 17.6. The maximum atomic E-state index is 14.7. The average Bonchev–Trinajstić information content (AvgIpc) is 3.07. The molecule has 6 atom stereocenters. The van der Waals surface area contributed by atoms with Crippen molar-refractivity contribution in [2.45, 2.75) is 103 Å². The van der Waals surface area contributed by atoms with Gasteiger partial charge in [-0.1, -0.05) is 59.8 Å². The molecule has 2 saturated heterocycles. The summed E-state index contributed by atoms with van der Waals surface area (Å²) in [6.07, 6.45) is 9.15. The normalized spacial score (nSPS) is 34.2. The standard InChI is InChI=1S/C30H46N2O6/c1-9-29-12-11-15-37-26(36)22(29)21-24(34)32(20(17-33)16-19(2)3)23-25(35)31(14-10-13-30(21,23)38-29)28(7,8)18-27(4,5)6/h10-13,19-23,33H,9,14-18H2,1-8H3/t20-,21+,22-,23?,29+,30+/m1/s1. The van der Waals surface area contributed by atoms with Crippen LogP contribution in [0.2, 0.25) is 0 Å². The lowest BCUT2D eigenvalue weighted by Crippen LogP contribution is -2.62. The van der Waals surface area contributed by atoms with Crippen LogP contribution in [0.1, 0.15) is 74.7 Å². The van der Waals surface area contributed by atoms with E-state index in [-0.39, 0.29) is 36.4 Å². The van der Waals surface area contributed by atoms with Gasteiger partial charge in [-0.2, -0.15) is 0 Å². The highest BCUT2D eigenvalue weighted by Crippen LogP contribution is 2.59. The third kappa shape index (κ3) is 4.51. The highest BCUT2D eigenvalue weighted by Gasteiger charge is 2.76. The fourth-order valence-corrected chi connectivity index (χ4v) is 7.69. The van der Waals surface area contributed by atoms with Crippen LogP contribution in [0.15, 0.2) is 24.3 Å². The van der Waals surface area contributed by atoms with Gasteiger partial charge < -0.3 is 24.4 Å². The number of hydrogen-bond donors (Lipinski definition) is 1. The molecule has 0 aliphatic carbocycles. The van der Waals surface area contributed by atoms with Gasteiger partial charge in [0.15, 0.2) is 0 Å². The Morgan fingerprint density at radius 1 is 1.05 bits per heavy atom. The molecule has 0 aromatic heterocycles. The molecule has 1 N–H and O–H groups in total. The van der Waals surface area contributed by atoms with Crippen LogP contribution < -0.4 is 0 Å². The van der Waals surface area contributed by atoms with E-state index in [0.29, 0.717) is 19.4 Å². The molecule has 0 aromatic carbocycles. The average molecular weight is 531 g/mol. The van der Waals surface area contributed by atoms with Crippen molar-refractivity contribution >= 4 is 17.8 Å². The van der Waals surface area contributed by atoms with E-state index in [9.17, 15) is 19.5 Å². The second-order valence-corrected chi connectivity index (χ2v) is 13.8. The number of aliphatic hydroxyl groups is 1. The Balaban J connectivity index is 1.90. The number of esters is 1. The predicted molar refractivity (Wildman–Crippen MR) is 144 cm³/mol. The largest absolute Gasteiger partial charge is 0.461 e. The summed E-state index contributed by atoms with van der Waals surface area (Å²) in [5.41, 5.74) is -2.93. The number of amides is 2. The summed E-state index contributed by atoms with van der Waals surface area (Å²) < 4.78 is 12.4. The van der Waals surface area contributed by atoms with E-state index in [1.807, 2.05) is 43.9 Å². The van der Waals surface area contributed by atoms with E-state index in [0.717, 1.165) is 6.42 Å². The van der Waals surface area contributed by atoms with Gasteiger partial charge in [0.2, 0.25) is 11.8 Å². The van der Waals surface area contributed by atoms with Gasteiger partial charge in [0, 0.05) is 12.1 Å². The van der Waals surface area contributed by atoms with Crippen molar-refractivity contribution in [3.05, 3.63) is 24.3 Å². The maximum absolute atomic E-state index is 14.7. The highest BCUT2D eigenvalue weighted by molar-refractivity contribution is 5.99. The fraction of sp³-hybridized carbons (Fsp3) is 0.767. The molecule has 8 heteroatoms. The van der Waals surface area contributed by atoms with Crippen molar-refractivity contribution in [2.24, 2.45) is 23.2 Å². The lowest BCUT2D eigenvalue weighted by molar-refractivity contribution is -0.163. The Labute approximate surface area is 227 Å². The van der Waals surface area contributed by atoms with Crippen molar-refractivity contribution < 1.29 is 29.0 Å². The predicted octanol–water partition coefficient (Wildman–Crippen LogP) is 3.48. The number of cyclic esters (lactones) is 1. The molecular weight excluding hydrogens is 484 g/mol. The number of fused-ring (bicyclic) bond motifs is 2. The van der Waals surface area contributed by atoms with Gasteiger partial charge in [-0.3, -0.25) is 14.4 Å². The third-order valence-electron chi connectivity index (χ3n) is 8.67. The number of carbonyl (C=O) groups is 3. The van der Waals surface area contributed by atoms with Gasteiger partial charge in [0.05, 0.1) is 18.6 Å².